The molecular formula is C17H26N4O2. The first-order valence-electron chi connectivity index (χ1n) is 8.53. The zero-order valence-electron chi connectivity index (χ0n) is 14.1. The van der Waals surface area contributed by atoms with Crippen LogP contribution in [0.2, 0.25) is 0 Å². The molecule has 0 bridgehead atoms. The second-order valence-electron chi connectivity index (χ2n) is 6.95. The van der Waals surface area contributed by atoms with E-state index in [4.69, 9.17) is 0 Å². The first-order valence-corrected chi connectivity index (χ1v) is 8.53. The van der Waals surface area contributed by atoms with E-state index in [1.807, 2.05) is 30.0 Å². The summed E-state index contributed by atoms with van der Waals surface area (Å²) in [5.74, 6) is 1.39. The van der Waals surface area contributed by atoms with Gasteiger partial charge in [-0.3, -0.25) is 9.59 Å². The second-order valence-corrected chi connectivity index (χ2v) is 6.95. The third-order valence-electron chi connectivity index (χ3n) is 5.37. The van der Waals surface area contributed by atoms with E-state index in [2.05, 4.69) is 9.55 Å². The zero-order chi connectivity index (χ0) is 16.4. The van der Waals surface area contributed by atoms with E-state index >= 15 is 0 Å². The Hall–Kier alpha value is -1.85. The van der Waals surface area contributed by atoms with Gasteiger partial charge in [0, 0.05) is 52.0 Å². The average molecular weight is 318 g/mol. The summed E-state index contributed by atoms with van der Waals surface area (Å²) in [6.07, 6.45) is 7.87. The number of nitrogens with zero attached hydrogens (tertiary/aromatic N) is 4. The normalized spacial score (nSPS) is 24.7. The summed E-state index contributed by atoms with van der Waals surface area (Å²) in [6.45, 7) is 4.97. The number of carbonyl (C=O) groups excluding carboxylic acids is 2. The van der Waals surface area contributed by atoms with E-state index in [-0.39, 0.29) is 17.2 Å². The van der Waals surface area contributed by atoms with Crippen molar-refractivity contribution in [3.8, 4) is 0 Å². The van der Waals surface area contributed by atoms with Crippen molar-refractivity contribution >= 4 is 11.8 Å². The third-order valence-corrected chi connectivity index (χ3v) is 5.37. The van der Waals surface area contributed by atoms with Crippen molar-refractivity contribution in [3.63, 3.8) is 0 Å². The van der Waals surface area contributed by atoms with Gasteiger partial charge < -0.3 is 14.4 Å². The molecule has 1 aromatic rings. The van der Waals surface area contributed by atoms with Crippen LogP contribution >= 0.6 is 0 Å². The summed E-state index contributed by atoms with van der Waals surface area (Å²) in [5.41, 5.74) is -0.302. The molecule has 1 atom stereocenters. The van der Waals surface area contributed by atoms with Crippen LogP contribution in [0.5, 0.6) is 0 Å². The van der Waals surface area contributed by atoms with Crippen LogP contribution < -0.4 is 0 Å². The minimum atomic E-state index is -0.302. The lowest BCUT2D eigenvalue weighted by molar-refractivity contribution is -0.144. The van der Waals surface area contributed by atoms with Gasteiger partial charge in [0.05, 0.1) is 5.41 Å². The Kier molecular flexibility index (Phi) is 4.41. The Bertz CT molecular complexity index is 597. The van der Waals surface area contributed by atoms with Crippen LogP contribution in [0.3, 0.4) is 0 Å². The quantitative estimate of drug-likeness (QED) is 0.844. The minimum Gasteiger partial charge on any atom is -0.345 e. The minimum absolute atomic E-state index is 0.181. The predicted octanol–water partition coefficient (Wildman–Crippen LogP) is 1.44. The van der Waals surface area contributed by atoms with E-state index in [0.717, 1.165) is 51.1 Å². The molecule has 6 nitrogen and oxygen atoms in total. The standard InChI is InChI=1S/C17H26N4O2/c1-14-18-8-12-20(14)10-3-5-15(22)21-11-7-17(13-21)6-4-9-19(2)16(17)23/h8,12H,3-7,9-11,13H2,1-2H3/t17-/m0/s1. The van der Waals surface area contributed by atoms with Crippen molar-refractivity contribution in [2.24, 2.45) is 5.41 Å². The fraction of sp³-hybridized carbons (Fsp3) is 0.706. The molecule has 1 aromatic heterocycles. The van der Waals surface area contributed by atoms with Crippen molar-refractivity contribution in [2.75, 3.05) is 26.7 Å². The summed E-state index contributed by atoms with van der Waals surface area (Å²) in [7, 11) is 1.88. The van der Waals surface area contributed by atoms with E-state index in [1.165, 1.54) is 0 Å². The Morgan fingerprint density at radius 1 is 1.35 bits per heavy atom. The first-order chi connectivity index (χ1) is 11.0. The van der Waals surface area contributed by atoms with Crippen molar-refractivity contribution in [2.45, 2.75) is 45.6 Å². The number of likely N-dealkylation sites (tertiary alicyclic amines) is 2. The first kappa shape index (κ1) is 16.0. The van der Waals surface area contributed by atoms with E-state index in [1.54, 1.807) is 6.20 Å². The van der Waals surface area contributed by atoms with Crippen LogP contribution in [-0.2, 0) is 16.1 Å². The molecule has 2 aliphatic heterocycles. The molecule has 1 spiro atoms. The van der Waals surface area contributed by atoms with Crippen LogP contribution in [0.25, 0.3) is 0 Å². The van der Waals surface area contributed by atoms with E-state index < -0.39 is 0 Å². The monoisotopic (exact) mass is 318 g/mol. The van der Waals surface area contributed by atoms with Gasteiger partial charge in [-0.25, -0.2) is 4.98 Å². The lowest BCUT2D eigenvalue weighted by Gasteiger charge is -2.37. The summed E-state index contributed by atoms with van der Waals surface area (Å²) >= 11 is 0. The highest BCUT2D eigenvalue weighted by molar-refractivity contribution is 5.85. The molecule has 2 fully saturated rings. The molecule has 0 saturated carbocycles. The number of aromatic nitrogens is 2. The number of piperidine rings is 1. The smallest absolute Gasteiger partial charge is 0.230 e. The van der Waals surface area contributed by atoms with Gasteiger partial charge >= 0.3 is 0 Å². The van der Waals surface area contributed by atoms with Gasteiger partial charge in [-0.15, -0.1) is 0 Å². The highest BCUT2D eigenvalue weighted by Gasteiger charge is 2.48. The molecule has 2 aliphatic rings. The number of aryl methyl sites for hydroxylation is 2. The average Bonchev–Trinajstić information content (AvgIpc) is 3.13. The van der Waals surface area contributed by atoms with Gasteiger partial charge in [0.15, 0.2) is 0 Å². The van der Waals surface area contributed by atoms with Gasteiger partial charge in [-0.05, 0) is 32.6 Å². The maximum atomic E-state index is 12.5. The number of amides is 2. The number of imidazole rings is 1. The summed E-state index contributed by atoms with van der Waals surface area (Å²) in [5, 5.41) is 0. The van der Waals surface area contributed by atoms with Crippen molar-refractivity contribution in [1.29, 1.82) is 0 Å². The number of rotatable bonds is 4. The highest BCUT2D eigenvalue weighted by Crippen LogP contribution is 2.39. The second kappa shape index (κ2) is 6.34. The molecule has 3 heterocycles. The third kappa shape index (κ3) is 3.12. The van der Waals surface area contributed by atoms with E-state index in [9.17, 15) is 9.59 Å². The number of hydrogen-bond acceptors (Lipinski definition) is 3. The fourth-order valence-electron chi connectivity index (χ4n) is 3.93. The Morgan fingerprint density at radius 3 is 2.91 bits per heavy atom. The number of hydrogen-bond donors (Lipinski definition) is 0. The Morgan fingerprint density at radius 2 is 2.17 bits per heavy atom. The Labute approximate surface area is 137 Å². The fourth-order valence-corrected chi connectivity index (χ4v) is 3.93. The van der Waals surface area contributed by atoms with Crippen LogP contribution in [-0.4, -0.2) is 57.8 Å². The molecule has 2 saturated heterocycles. The topological polar surface area (TPSA) is 58.4 Å². The molecule has 126 valence electrons. The van der Waals surface area contributed by atoms with Crippen LogP contribution in [0.15, 0.2) is 12.4 Å². The SMILES string of the molecule is Cc1nccn1CCCC(=O)N1CC[C@@]2(CCCN(C)C2=O)C1. The Balaban J connectivity index is 1.51. The maximum Gasteiger partial charge on any atom is 0.230 e. The predicted molar refractivity (Wildman–Crippen MR) is 86.7 cm³/mol. The lowest BCUT2D eigenvalue weighted by atomic mass is 9.78. The molecule has 0 aromatic carbocycles. The maximum absolute atomic E-state index is 12.5. The van der Waals surface area contributed by atoms with Gasteiger partial charge in [0.25, 0.3) is 0 Å². The van der Waals surface area contributed by atoms with Crippen LogP contribution in [0.4, 0.5) is 0 Å². The van der Waals surface area contributed by atoms with Crippen molar-refractivity contribution in [3.05, 3.63) is 18.2 Å². The highest BCUT2D eigenvalue weighted by atomic mass is 16.2. The van der Waals surface area contributed by atoms with Gasteiger partial charge in [-0.1, -0.05) is 0 Å². The molecule has 3 rings (SSSR count). The van der Waals surface area contributed by atoms with Gasteiger partial charge in [0.2, 0.25) is 11.8 Å². The largest absolute Gasteiger partial charge is 0.345 e. The summed E-state index contributed by atoms with van der Waals surface area (Å²) < 4.78 is 2.07. The summed E-state index contributed by atoms with van der Waals surface area (Å²) in [4.78, 5) is 32.9. The molecular weight excluding hydrogens is 292 g/mol. The number of carbonyl (C=O) groups is 2. The van der Waals surface area contributed by atoms with Gasteiger partial charge in [0.1, 0.15) is 5.82 Å². The molecule has 0 radical (unpaired) electrons. The molecule has 0 N–H and O–H groups in total. The molecule has 23 heavy (non-hydrogen) atoms. The lowest BCUT2D eigenvalue weighted by Crippen LogP contribution is -2.48. The molecule has 0 aliphatic carbocycles. The zero-order valence-corrected chi connectivity index (χ0v) is 14.1. The molecule has 2 amide bonds. The van der Waals surface area contributed by atoms with Crippen molar-refractivity contribution in [1.82, 2.24) is 19.4 Å². The molecule has 0 unspecified atom stereocenters. The van der Waals surface area contributed by atoms with Crippen molar-refractivity contribution < 1.29 is 9.59 Å². The van der Waals surface area contributed by atoms with Gasteiger partial charge in [-0.2, -0.15) is 0 Å². The van der Waals surface area contributed by atoms with E-state index in [0.29, 0.717) is 13.0 Å². The van der Waals surface area contributed by atoms with Crippen LogP contribution in [0.1, 0.15) is 37.9 Å². The summed E-state index contributed by atoms with van der Waals surface area (Å²) in [6, 6.07) is 0. The van der Waals surface area contributed by atoms with Crippen LogP contribution in [0, 0.1) is 12.3 Å². The molecule has 6 heteroatoms.